The summed E-state index contributed by atoms with van der Waals surface area (Å²) >= 11 is 1.85. The van der Waals surface area contributed by atoms with Crippen molar-refractivity contribution in [2.24, 2.45) is 5.92 Å². The van der Waals surface area contributed by atoms with Gasteiger partial charge in [0.05, 0.1) is 11.7 Å². The van der Waals surface area contributed by atoms with Crippen molar-refractivity contribution in [3.63, 3.8) is 0 Å². The van der Waals surface area contributed by atoms with Crippen LogP contribution in [0.2, 0.25) is 0 Å². The van der Waals surface area contributed by atoms with E-state index in [1.807, 2.05) is 11.8 Å². The highest BCUT2D eigenvalue weighted by atomic mass is 32.2. The number of hydrogen-bond acceptors (Lipinski definition) is 3. The Morgan fingerprint density at radius 3 is 2.75 bits per heavy atom. The van der Waals surface area contributed by atoms with Crippen LogP contribution >= 0.6 is 11.8 Å². The average molecular weight is 242 g/mol. The number of amides is 1. The van der Waals surface area contributed by atoms with Gasteiger partial charge < -0.3 is 4.90 Å². The van der Waals surface area contributed by atoms with E-state index in [0.717, 1.165) is 31.6 Å². The molecule has 1 N–H and O–H groups in total. The lowest BCUT2D eigenvalue weighted by Crippen LogP contribution is -2.42. The predicted molar refractivity (Wildman–Crippen MR) is 68.4 cm³/mol. The van der Waals surface area contributed by atoms with Crippen LogP contribution in [0.5, 0.6) is 0 Å². The van der Waals surface area contributed by atoms with Gasteiger partial charge in [-0.05, 0) is 37.2 Å². The third-order valence-corrected chi connectivity index (χ3v) is 4.26. The number of nitrogens with one attached hydrogen (secondary N) is 1. The highest BCUT2D eigenvalue weighted by molar-refractivity contribution is 7.98. The lowest BCUT2D eigenvalue weighted by atomic mass is 10.1. The molecule has 4 heteroatoms. The van der Waals surface area contributed by atoms with E-state index in [9.17, 15) is 4.79 Å². The van der Waals surface area contributed by atoms with Crippen LogP contribution in [0.15, 0.2) is 0 Å². The topological polar surface area (TPSA) is 32.3 Å². The predicted octanol–water partition coefficient (Wildman–Crippen LogP) is 1.69. The molecule has 3 nitrogen and oxygen atoms in total. The van der Waals surface area contributed by atoms with Crippen molar-refractivity contribution in [3.8, 4) is 0 Å². The van der Waals surface area contributed by atoms with E-state index in [0.29, 0.717) is 11.8 Å². The van der Waals surface area contributed by atoms with Gasteiger partial charge in [0.15, 0.2) is 0 Å². The number of carbonyl (C=O) groups excluding carboxylic acids is 1. The molecule has 1 spiro atoms. The summed E-state index contributed by atoms with van der Waals surface area (Å²) in [5, 5.41) is 3.54. The summed E-state index contributed by atoms with van der Waals surface area (Å²) in [6.45, 7) is 5.29. The van der Waals surface area contributed by atoms with Gasteiger partial charge in [-0.3, -0.25) is 10.1 Å². The maximum Gasteiger partial charge on any atom is 0.244 e. The minimum absolute atomic E-state index is 0.145. The maximum absolute atomic E-state index is 12.3. The summed E-state index contributed by atoms with van der Waals surface area (Å²) in [5.41, 5.74) is -0.145. The second-order valence-corrected chi connectivity index (χ2v) is 6.25. The van der Waals surface area contributed by atoms with E-state index in [-0.39, 0.29) is 11.7 Å². The first-order valence-electron chi connectivity index (χ1n) is 6.18. The summed E-state index contributed by atoms with van der Waals surface area (Å²) < 4.78 is 0. The van der Waals surface area contributed by atoms with Crippen LogP contribution in [0.25, 0.3) is 0 Å². The number of hydrogen-bond donors (Lipinski definition) is 1. The minimum atomic E-state index is -0.145. The molecule has 0 aromatic carbocycles. The van der Waals surface area contributed by atoms with Gasteiger partial charge in [0.25, 0.3) is 0 Å². The molecule has 92 valence electrons. The first kappa shape index (κ1) is 12.2. The molecule has 1 unspecified atom stereocenters. The van der Waals surface area contributed by atoms with Crippen molar-refractivity contribution in [1.82, 2.24) is 10.2 Å². The zero-order chi connectivity index (χ0) is 11.8. The molecule has 0 bridgehead atoms. The number of thioether (sulfide) groups is 1. The van der Waals surface area contributed by atoms with Crippen LogP contribution < -0.4 is 5.32 Å². The first-order valence-corrected chi connectivity index (χ1v) is 7.58. The van der Waals surface area contributed by atoms with E-state index in [2.05, 4.69) is 30.3 Å². The Balaban J connectivity index is 1.98. The number of carbonyl (C=O) groups is 1. The van der Waals surface area contributed by atoms with Gasteiger partial charge in [-0.15, -0.1) is 0 Å². The molecule has 1 aliphatic heterocycles. The molecular weight excluding hydrogens is 220 g/mol. The monoisotopic (exact) mass is 242 g/mol. The lowest BCUT2D eigenvalue weighted by Gasteiger charge is -2.27. The highest BCUT2D eigenvalue weighted by Gasteiger charge is 2.59. The normalized spacial score (nSPS) is 27.1. The minimum Gasteiger partial charge on any atom is -0.325 e. The molecule has 16 heavy (non-hydrogen) atoms. The number of rotatable bonds is 5. The van der Waals surface area contributed by atoms with Gasteiger partial charge in [-0.25, -0.2) is 0 Å². The standard InChI is InChI=1S/C12H22N2OS/c1-9(2)10-13-12(5-6-12)11(15)14(10)7-4-8-16-3/h9-10,13H,4-8H2,1-3H3. The van der Waals surface area contributed by atoms with Crippen LogP contribution in [-0.4, -0.2) is 41.1 Å². The molecule has 1 saturated carbocycles. The van der Waals surface area contributed by atoms with Crippen LogP contribution in [-0.2, 0) is 4.79 Å². The zero-order valence-corrected chi connectivity index (χ0v) is 11.3. The van der Waals surface area contributed by atoms with E-state index in [1.165, 1.54) is 0 Å². The number of nitrogens with zero attached hydrogens (tertiary/aromatic N) is 1. The Kier molecular flexibility index (Phi) is 3.50. The Hall–Kier alpha value is -0.220. The third kappa shape index (κ3) is 2.09. The fourth-order valence-electron chi connectivity index (χ4n) is 2.45. The first-order chi connectivity index (χ1) is 7.60. The summed E-state index contributed by atoms with van der Waals surface area (Å²) in [4.78, 5) is 14.3. The van der Waals surface area contributed by atoms with Crippen molar-refractivity contribution in [3.05, 3.63) is 0 Å². The molecule has 1 saturated heterocycles. The largest absolute Gasteiger partial charge is 0.325 e. The fourth-order valence-corrected chi connectivity index (χ4v) is 2.87. The summed E-state index contributed by atoms with van der Waals surface area (Å²) in [6.07, 6.45) is 5.56. The molecule has 0 radical (unpaired) electrons. The molecule has 1 aliphatic carbocycles. The van der Waals surface area contributed by atoms with Crippen molar-refractivity contribution in [2.45, 2.75) is 44.8 Å². The molecular formula is C12H22N2OS. The second kappa shape index (κ2) is 4.57. The quantitative estimate of drug-likeness (QED) is 0.745. The fraction of sp³-hybridized carbons (Fsp3) is 0.917. The lowest BCUT2D eigenvalue weighted by molar-refractivity contribution is -0.131. The van der Waals surface area contributed by atoms with Gasteiger partial charge in [-0.1, -0.05) is 13.8 Å². The highest BCUT2D eigenvalue weighted by Crippen LogP contribution is 2.43. The van der Waals surface area contributed by atoms with Crippen LogP contribution in [0, 0.1) is 5.92 Å². The molecule has 1 atom stereocenters. The Labute approximate surface area is 102 Å². The SMILES string of the molecule is CSCCCN1C(=O)C2(CC2)NC1C(C)C. The Morgan fingerprint density at radius 2 is 2.25 bits per heavy atom. The zero-order valence-electron chi connectivity index (χ0n) is 10.5. The Bertz CT molecular complexity index is 276. The molecule has 2 fully saturated rings. The summed E-state index contributed by atoms with van der Waals surface area (Å²) in [5.74, 6) is 1.99. The summed E-state index contributed by atoms with van der Waals surface area (Å²) in [7, 11) is 0. The van der Waals surface area contributed by atoms with Gasteiger partial charge in [0.1, 0.15) is 0 Å². The molecule has 2 aliphatic rings. The molecule has 2 rings (SSSR count). The summed E-state index contributed by atoms with van der Waals surface area (Å²) in [6, 6.07) is 0. The van der Waals surface area contributed by atoms with E-state index < -0.39 is 0 Å². The van der Waals surface area contributed by atoms with Gasteiger partial charge in [0.2, 0.25) is 5.91 Å². The van der Waals surface area contributed by atoms with E-state index >= 15 is 0 Å². The maximum atomic E-state index is 12.3. The smallest absolute Gasteiger partial charge is 0.244 e. The third-order valence-electron chi connectivity index (χ3n) is 3.56. The molecule has 0 aromatic rings. The van der Waals surface area contributed by atoms with Crippen molar-refractivity contribution >= 4 is 17.7 Å². The van der Waals surface area contributed by atoms with Gasteiger partial charge >= 0.3 is 0 Å². The second-order valence-electron chi connectivity index (χ2n) is 5.26. The van der Waals surface area contributed by atoms with E-state index in [4.69, 9.17) is 0 Å². The van der Waals surface area contributed by atoms with Gasteiger partial charge in [-0.2, -0.15) is 11.8 Å². The van der Waals surface area contributed by atoms with Crippen molar-refractivity contribution in [1.29, 1.82) is 0 Å². The van der Waals surface area contributed by atoms with Gasteiger partial charge in [0, 0.05) is 6.54 Å². The van der Waals surface area contributed by atoms with Crippen LogP contribution in [0.1, 0.15) is 33.1 Å². The van der Waals surface area contributed by atoms with Crippen molar-refractivity contribution < 1.29 is 4.79 Å². The Morgan fingerprint density at radius 1 is 1.56 bits per heavy atom. The van der Waals surface area contributed by atoms with Crippen LogP contribution in [0.3, 0.4) is 0 Å². The van der Waals surface area contributed by atoms with Crippen molar-refractivity contribution in [2.75, 3.05) is 18.6 Å². The molecule has 1 amide bonds. The molecule has 0 aromatic heterocycles. The van der Waals surface area contributed by atoms with E-state index in [1.54, 1.807) is 0 Å². The van der Waals surface area contributed by atoms with Crippen LogP contribution in [0.4, 0.5) is 0 Å². The average Bonchev–Trinajstić information content (AvgIpc) is 2.96. The molecule has 1 heterocycles.